The van der Waals surface area contributed by atoms with Gasteiger partial charge in [0.1, 0.15) is 29.2 Å². The third-order valence-electron chi connectivity index (χ3n) is 8.07. The number of carbonyl (C=O) groups excluding carboxylic acids is 4. The minimum Gasteiger partial charge on any atom is -0.456 e. The third-order valence-corrected chi connectivity index (χ3v) is 9.21. The van der Waals surface area contributed by atoms with Crippen molar-refractivity contribution < 1.29 is 38.5 Å². The van der Waals surface area contributed by atoms with Crippen molar-refractivity contribution in [2.24, 2.45) is 17.6 Å². The van der Waals surface area contributed by atoms with Gasteiger partial charge in [0.25, 0.3) is 11.6 Å². The van der Waals surface area contributed by atoms with Crippen molar-refractivity contribution in [2.45, 2.75) is 39.1 Å². The number of benzene rings is 1. The second kappa shape index (κ2) is 11.3. The quantitative estimate of drug-likeness (QED) is 0.0654. The number of aliphatic hydroxyl groups excluding tert-OH is 1. The number of thiazole rings is 1. The van der Waals surface area contributed by atoms with Gasteiger partial charge in [-0.3, -0.25) is 28.9 Å². The lowest BCUT2D eigenvalue weighted by Gasteiger charge is -2.46. The van der Waals surface area contributed by atoms with E-state index in [-0.39, 0.29) is 41.9 Å². The van der Waals surface area contributed by atoms with Gasteiger partial charge in [0.05, 0.1) is 27.9 Å². The van der Waals surface area contributed by atoms with Crippen molar-refractivity contribution in [3.63, 3.8) is 0 Å². The Morgan fingerprint density at radius 2 is 1.89 bits per heavy atom. The van der Waals surface area contributed by atoms with Crippen LogP contribution in [0.2, 0.25) is 0 Å². The number of aliphatic hydroxyl groups is 1. The Labute approximate surface area is 259 Å². The molecule has 230 valence electrons. The van der Waals surface area contributed by atoms with Crippen molar-refractivity contribution in [1.29, 1.82) is 0 Å². The number of hydrogen-bond donors (Lipinski definition) is 2. The third kappa shape index (κ3) is 5.15. The van der Waals surface area contributed by atoms with Gasteiger partial charge in [-0.05, 0) is 24.6 Å². The van der Waals surface area contributed by atoms with E-state index in [9.17, 15) is 34.4 Å². The lowest BCUT2D eigenvalue weighted by Crippen LogP contribution is -2.63. The first-order chi connectivity index (χ1) is 21.5. The molecule has 1 fully saturated rings. The summed E-state index contributed by atoms with van der Waals surface area (Å²) in [4.78, 5) is 68.7. The summed E-state index contributed by atoms with van der Waals surface area (Å²) in [6.45, 7) is 3.20. The summed E-state index contributed by atoms with van der Waals surface area (Å²) in [6, 6.07) is 8.25. The molecule has 15 heteroatoms. The molecule has 5 heterocycles. The second-order valence-electron chi connectivity index (χ2n) is 11.0. The van der Waals surface area contributed by atoms with E-state index in [4.69, 9.17) is 10.5 Å². The van der Waals surface area contributed by atoms with Crippen LogP contribution in [0, 0.1) is 22.0 Å². The van der Waals surface area contributed by atoms with Crippen molar-refractivity contribution in [3.8, 4) is 0 Å². The van der Waals surface area contributed by atoms with Gasteiger partial charge in [0.15, 0.2) is 12.4 Å². The minimum absolute atomic E-state index is 0.0279. The Balaban J connectivity index is 1.33. The van der Waals surface area contributed by atoms with Crippen molar-refractivity contribution >= 4 is 51.0 Å². The van der Waals surface area contributed by atoms with Crippen molar-refractivity contribution in [2.75, 3.05) is 0 Å². The summed E-state index contributed by atoms with van der Waals surface area (Å²) in [6.07, 6.45) is 5.44. The van der Waals surface area contributed by atoms with Crippen LogP contribution in [-0.2, 0) is 32.3 Å². The smallest absolute Gasteiger partial charge is 0.355 e. The molecule has 0 aliphatic carbocycles. The fourth-order valence-electron chi connectivity index (χ4n) is 5.93. The van der Waals surface area contributed by atoms with E-state index in [1.165, 1.54) is 53.8 Å². The summed E-state index contributed by atoms with van der Waals surface area (Å²) in [5.41, 5.74) is 6.81. The van der Waals surface area contributed by atoms with Gasteiger partial charge in [0.2, 0.25) is 18.2 Å². The maximum Gasteiger partial charge on any atom is 0.355 e. The van der Waals surface area contributed by atoms with Gasteiger partial charge in [-0.2, -0.15) is 4.57 Å². The van der Waals surface area contributed by atoms with Crippen LogP contribution in [0.25, 0.3) is 10.4 Å². The molecule has 0 spiro atoms. The molecular weight excluding hydrogens is 604 g/mol. The Morgan fingerprint density at radius 3 is 2.51 bits per heavy atom. The Hall–Kier alpha value is -5.28. The number of primary amides is 1. The number of carbonyl (C=O) groups is 4. The Morgan fingerprint density at radius 1 is 1.20 bits per heavy atom. The lowest BCUT2D eigenvalue weighted by atomic mass is 9.77. The topological polar surface area (TPSA) is 191 Å². The van der Waals surface area contributed by atoms with Crippen LogP contribution in [-0.4, -0.2) is 60.0 Å². The first-order valence-electron chi connectivity index (χ1n) is 13.9. The van der Waals surface area contributed by atoms with Crippen LogP contribution >= 0.6 is 11.3 Å². The van der Waals surface area contributed by atoms with Gasteiger partial charge in [0, 0.05) is 47.5 Å². The highest BCUT2D eigenvalue weighted by Gasteiger charge is 2.60. The largest absolute Gasteiger partial charge is 0.456 e. The molecule has 14 nitrogen and oxygen atoms in total. The molecule has 45 heavy (non-hydrogen) atoms. The van der Waals surface area contributed by atoms with Gasteiger partial charge < -0.3 is 20.5 Å². The number of nitro benzene ring substituents is 1. The molecule has 0 saturated carbocycles. The standard InChI is InChI=1S/C30H26N6O8S/c1-15-22(20-11-34-14-32-24(29(34)45-20)27(39)18-7-9-33(10-8-18)12-21(31)38)26(35-25(15)23(16(2)37)28(35)40)30(41)44-13-17-3-5-19(6-4-17)36(42)43/h3-11,14-16,23,25,37H,12-13H2,1-2H3,(H-,31,38)/p+1/t15-,16+,23+,25+/m0/s1. The number of ketones is 1. The number of nitrogens with zero attached hydrogens (tertiary/aromatic N) is 5. The normalized spacial score (nSPS) is 19.8. The number of β-lactam (4-membered cyclic amide) rings is 1. The molecule has 6 rings (SSSR count). The summed E-state index contributed by atoms with van der Waals surface area (Å²) in [5, 5.41) is 21.3. The van der Waals surface area contributed by atoms with Crippen LogP contribution in [0.5, 0.6) is 0 Å². The van der Waals surface area contributed by atoms with E-state index in [0.29, 0.717) is 26.4 Å². The van der Waals surface area contributed by atoms with E-state index < -0.39 is 40.8 Å². The van der Waals surface area contributed by atoms with E-state index in [0.717, 1.165) is 0 Å². The number of ether oxygens (including phenoxy) is 1. The van der Waals surface area contributed by atoms with Crippen LogP contribution in [0.4, 0.5) is 5.69 Å². The number of pyridine rings is 1. The number of non-ortho nitro benzene ring substituents is 1. The predicted octanol–water partition coefficient (Wildman–Crippen LogP) is 1.62. The molecule has 2 aliphatic rings. The molecule has 1 aromatic carbocycles. The zero-order valence-corrected chi connectivity index (χ0v) is 24.8. The van der Waals surface area contributed by atoms with Crippen molar-refractivity contribution in [1.82, 2.24) is 14.3 Å². The molecule has 1 saturated heterocycles. The zero-order valence-electron chi connectivity index (χ0n) is 24.0. The molecule has 3 N–H and O–H groups in total. The average molecular weight is 632 g/mol. The first kappa shape index (κ1) is 29.8. The average Bonchev–Trinajstić information content (AvgIpc) is 3.65. The summed E-state index contributed by atoms with van der Waals surface area (Å²) < 4.78 is 8.82. The van der Waals surface area contributed by atoms with E-state index >= 15 is 0 Å². The highest BCUT2D eigenvalue weighted by molar-refractivity contribution is 7.18. The minimum atomic E-state index is -0.933. The Bertz CT molecular complexity index is 1910. The second-order valence-corrected chi connectivity index (χ2v) is 12.0. The summed E-state index contributed by atoms with van der Waals surface area (Å²) >= 11 is 1.23. The van der Waals surface area contributed by atoms with Crippen LogP contribution in [0.15, 0.2) is 67.0 Å². The highest BCUT2D eigenvalue weighted by Crippen LogP contribution is 2.52. The van der Waals surface area contributed by atoms with Crippen LogP contribution in [0.3, 0.4) is 0 Å². The number of amides is 2. The number of esters is 1. The predicted molar refractivity (Wildman–Crippen MR) is 157 cm³/mol. The number of imidazole rings is 1. The van der Waals surface area contributed by atoms with Gasteiger partial charge in [-0.1, -0.05) is 6.92 Å². The maximum absolute atomic E-state index is 13.6. The maximum atomic E-state index is 13.6. The fraction of sp³-hybridized carbons (Fsp3) is 0.267. The zero-order chi connectivity index (χ0) is 32.2. The SMILES string of the molecule is C[C@@H](O)[C@H]1C(=O)N2C(C(=O)OCc3ccc([N+](=O)[O-])cc3)=C(c3cn4cnc(C(=O)c5cc[n+](CC(N)=O)cc5)c4s3)[C@H](C)[C@H]12. The number of nitrogens with two attached hydrogens (primary N) is 1. The molecule has 3 aromatic heterocycles. The lowest BCUT2D eigenvalue weighted by molar-refractivity contribution is -0.684. The molecule has 0 radical (unpaired) electrons. The molecule has 4 aromatic rings. The van der Waals surface area contributed by atoms with Crippen molar-refractivity contribution in [3.05, 3.63) is 98.8 Å². The number of aromatic nitrogens is 3. The van der Waals surface area contributed by atoms with Gasteiger partial charge >= 0.3 is 5.97 Å². The van der Waals surface area contributed by atoms with Gasteiger partial charge in [-0.15, -0.1) is 11.3 Å². The highest BCUT2D eigenvalue weighted by atomic mass is 32.1. The molecule has 0 bridgehead atoms. The van der Waals surface area contributed by atoms with Crippen LogP contribution in [0.1, 0.15) is 40.3 Å². The van der Waals surface area contributed by atoms with E-state index in [2.05, 4.69) is 4.98 Å². The number of rotatable bonds is 10. The summed E-state index contributed by atoms with van der Waals surface area (Å²) in [5.74, 6) is -3.06. The fourth-order valence-corrected chi connectivity index (χ4v) is 7.14. The van der Waals surface area contributed by atoms with Gasteiger partial charge in [-0.25, -0.2) is 9.78 Å². The number of hydrogen-bond acceptors (Lipinski definition) is 10. The number of nitro groups is 1. The molecular formula is C30H27N6O8S+. The first-order valence-corrected chi connectivity index (χ1v) is 14.7. The molecule has 2 aliphatic heterocycles. The van der Waals surface area contributed by atoms with E-state index in [1.807, 2.05) is 6.92 Å². The molecule has 2 amide bonds. The monoisotopic (exact) mass is 631 g/mol. The molecule has 4 atom stereocenters. The molecule has 0 unspecified atom stereocenters. The number of fused-ring (bicyclic) bond motifs is 2. The van der Waals surface area contributed by atoms with Crippen LogP contribution < -0.4 is 10.3 Å². The Kier molecular flexibility index (Phi) is 7.50. The van der Waals surface area contributed by atoms with E-state index in [1.54, 1.807) is 39.7 Å². The summed E-state index contributed by atoms with van der Waals surface area (Å²) in [7, 11) is 0.